The number of likely N-dealkylation sites (tertiary alicyclic amines) is 1. The van der Waals surface area contributed by atoms with E-state index in [4.69, 9.17) is 15.5 Å². The minimum absolute atomic E-state index is 0.155. The molecule has 2 heterocycles. The van der Waals surface area contributed by atoms with Crippen molar-refractivity contribution in [3.63, 3.8) is 0 Å². The number of hydrogen-bond acceptors (Lipinski definition) is 7. The second kappa shape index (κ2) is 10.0. The summed E-state index contributed by atoms with van der Waals surface area (Å²) in [5, 5.41) is 3.42. The van der Waals surface area contributed by atoms with E-state index in [0.29, 0.717) is 11.9 Å². The number of allylic oxidation sites excluding steroid dienone is 1. The van der Waals surface area contributed by atoms with Crippen LogP contribution in [0, 0.1) is 5.82 Å². The number of benzene rings is 1. The van der Waals surface area contributed by atoms with Gasteiger partial charge in [-0.2, -0.15) is 4.98 Å². The Morgan fingerprint density at radius 3 is 2.67 bits per heavy atom. The van der Waals surface area contributed by atoms with Crippen molar-refractivity contribution in [2.75, 3.05) is 45.3 Å². The molecule has 1 aliphatic carbocycles. The summed E-state index contributed by atoms with van der Waals surface area (Å²) >= 11 is 0. The fourth-order valence-corrected chi connectivity index (χ4v) is 4.87. The highest BCUT2D eigenvalue weighted by molar-refractivity contribution is 5.56. The maximum atomic E-state index is 14.8. The van der Waals surface area contributed by atoms with Gasteiger partial charge in [0.2, 0.25) is 11.9 Å². The summed E-state index contributed by atoms with van der Waals surface area (Å²) in [5.41, 5.74) is 6.92. The van der Waals surface area contributed by atoms with E-state index in [1.54, 1.807) is 6.07 Å². The summed E-state index contributed by atoms with van der Waals surface area (Å²) in [6.45, 7) is 1.91. The Morgan fingerprint density at radius 2 is 1.94 bits per heavy atom. The lowest BCUT2D eigenvalue weighted by Crippen LogP contribution is -2.54. The highest BCUT2D eigenvalue weighted by Crippen LogP contribution is 2.39. The van der Waals surface area contributed by atoms with Crippen molar-refractivity contribution in [3.05, 3.63) is 36.2 Å². The Morgan fingerprint density at radius 1 is 1.15 bits per heavy atom. The van der Waals surface area contributed by atoms with E-state index in [1.807, 2.05) is 13.1 Å². The normalized spacial score (nSPS) is 21.9. The van der Waals surface area contributed by atoms with Crippen LogP contribution in [-0.4, -0.2) is 66.2 Å². The van der Waals surface area contributed by atoms with Gasteiger partial charge in [-0.15, -0.1) is 9.97 Å². The van der Waals surface area contributed by atoms with Gasteiger partial charge >= 0.3 is 5.95 Å². The third-order valence-corrected chi connectivity index (χ3v) is 6.97. The number of rotatable bonds is 6. The van der Waals surface area contributed by atoms with Gasteiger partial charge in [0, 0.05) is 44.1 Å². The molecule has 2 atom stereocenters. The third-order valence-electron chi connectivity index (χ3n) is 6.97. The maximum absolute atomic E-state index is 14.8. The highest BCUT2D eigenvalue weighted by Gasteiger charge is 2.42. The van der Waals surface area contributed by atoms with Crippen LogP contribution in [0.1, 0.15) is 38.5 Å². The number of hydrogen-bond donors (Lipinski definition) is 2. The van der Waals surface area contributed by atoms with E-state index in [9.17, 15) is 4.39 Å². The predicted octanol–water partition coefficient (Wildman–Crippen LogP) is 3.88. The zero-order chi connectivity index (χ0) is 23.4. The second-order valence-electron chi connectivity index (χ2n) is 9.21. The van der Waals surface area contributed by atoms with Crippen molar-refractivity contribution in [3.8, 4) is 5.75 Å². The molecule has 2 unspecified atom stereocenters. The molecule has 0 saturated carbocycles. The van der Waals surface area contributed by atoms with E-state index in [1.165, 1.54) is 19.6 Å². The summed E-state index contributed by atoms with van der Waals surface area (Å²) in [4.78, 5) is 16.1. The number of nitrogen functional groups attached to an aromatic ring is 1. The van der Waals surface area contributed by atoms with E-state index < -0.39 is 5.82 Å². The van der Waals surface area contributed by atoms with Crippen molar-refractivity contribution < 1.29 is 9.13 Å². The first kappa shape index (κ1) is 23.4. The van der Waals surface area contributed by atoms with Gasteiger partial charge < -0.3 is 20.7 Å². The molecule has 0 bridgehead atoms. The average molecular weight is 457 g/mol. The summed E-state index contributed by atoms with van der Waals surface area (Å²) in [6, 6.07) is 5.40. The van der Waals surface area contributed by atoms with Gasteiger partial charge in [0.05, 0.1) is 14.2 Å². The third kappa shape index (κ3) is 5.09. The van der Waals surface area contributed by atoms with Crippen molar-refractivity contribution in [1.82, 2.24) is 24.3 Å². The lowest BCUT2D eigenvalue weighted by Gasteiger charge is -2.42. The summed E-state index contributed by atoms with van der Waals surface area (Å²) in [5.74, 6) is 0.941. The molecular formula is C24H35FN7O+. The summed E-state index contributed by atoms with van der Waals surface area (Å²) < 4.78 is 20.2. The van der Waals surface area contributed by atoms with Crippen molar-refractivity contribution >= 4 is 23.5 Å². The number of piperidine rings is 1. The van der Waals surface area contributed by atoms with Crippen LogP contribution >= 0.6 is 0 Å². The van der Waals surface area contributed by atoms with Gasteiger partial charge in [0.15, 0.2) is 11.6 Å². The number of nitrogens with zero attached hydrogens (tertiary/aromatic N) is 5. The minimum Gasteiger partial charge on any atom is -0.494 e. The van der Waals surface area contributed by atoms with Crippen LogP contribution in [-0.2, 0) is 0 Å². The highest BCUT2D eigenvalue weighted by atomic mass is 19.1. The summed E-state index contributed by atoms with van der Waals surface area (Å²) in [7, 11) is 5.63. The first-order valence-electron chi connectivity index (χ1n) is 11.7. The van der Waals surface area contributed by atoms with Crippen molar-refractivity contribution in [2.24, 2.45) is 0 Å². The number of nitrogens with one attached hydrogen (secondary N) is 1. The first-order valence-corrected chi connectivity index (χ1v) is 11.7. The minimum atomic E-state index is -0.406. The number of ether oxygens (including phenoxy) is 1. The van der Waals surface area contributed by atoms with E-state index in [-0.39, 0.29) is 28.3 Å². The Labute approximate surface area is 195 Å². The quantitative estimate of drug-likeness (QED) is 0.504. The van der Waals surface area contributed by atoms with Gasteiger partial charge in [0.25, 0.3) is 0 Å². The van der Waals surface area contributed by atoms with Crippen LogP contribution in [0.25, 0.3) is 0 Å². The van der Waals surface area contributed by atoms with Crippen LogP contribution in [0.5, 0.6) is 5.75 Å². The first-order chi connectivity index (χ1) is 15.9. The van der Waals surface area contributed by atoms with Crippen LogP contribution in [0.2, 0.25) is 0 Å². The Hall–Kier alpha value is -2.78. The summed E-state index contributed by atoms with van der Waals surface area (Å²) in [6.07, 6.45) is 10.7. The molecule has 178 valence electrons. The van der Waals surface area contributed by atoms with E-state index in [2.05, 4.69) is 39.4 Å². The molecule has 3 N–H and O–H groups in total. The molecule has 9 heteroatoms. The Balaban J connectivity index is 1.75. The molecule has 33 heavy (non-hydrogen) atoms. The zero-order valence-electron chi connectivity index (χ0n) is 19.8. The topological polar surface area (TPSA) is 89.2 Å². The Kier molecular flexibility index (Phi) is 7.09. The van der Waals surface area contributed by atoms with Crippen LogP contribution in [0.3, 0.4) is 0 Å². The second-order valence-corrected chi connectivity index (χ2v) is 9.21. The van der Waals surface area contributed by atoms with E-state index in [0.717, 1.165) is 50.9 Å². The molecule has 0 radical (unpaired) electrons. The fourth-order valence-electron chi connectivity index (χ4n) is 4.87. The monoisotopic (exact) mass is 456 g/mol. The average Bonchev–Trinajstić information content (AvgIpc) is 3.07. The van der Waals surface area contributed by atoms with Gasteiger partial charge in [0.1, 0.15) is 11.7 Å². The number of nitrogens with two attached hydrogens (primary N) is 1. The molecule has 1 aliphatic heterocycles. The van der Waals surface area contributed by atoms with Crippen molar-refractivity contribution in [1.29, 1.82) is 0 Å². The van der Waals surface area contributed by atoms with Crippen LogP contribution < -0.4 is 20.3 Å². The Bertz CT molecular complexity index is 993. The smallest absolute Gasteiger partial charge is 0.340 e. The SMILES string of the molecule is COc1ccc([N+](C)(c2nc(N)nc(NC3C=CCCCC3)n2)C2CCN(C)CC2)cc1F. The van der Waals surface area contributed by atoms with Crippen molar-refractivity contribution in [2.45, 2.75) is 50.6 Å². The van der Waals surface area contributed by atoms with Gasteiger partial charge in [-0.3, -0.25) is 0 Å². The van der Waals surface area contributed by atoms with Crippen LogP contribution in [0.15, 0.2) is 30.4 Å². The van der Waals surface area contributed by atoms with Crippen LogP contribution in [0.4, 0.5) is 27.9 Å². The predicted molar refractivity (Wildman–Crippen MR) is 130 cm³/mol. The molecule has 0 spiro atoms. The lowest BCUT2D eigenvalue weighted by atomic mass is 10.00. The molecule has 1 saturated heterocycles. The molecule has 1 aromatic heterocycles. The number of methoxy groups -OCH3 is 1. The standard InChI is InChI=1S/C24H35FN7O/c1-31-14-12-18(13-15-31)32(2,19-10-11-21(33-3)20(25)16-19)24-29-22(26)28-23(30-24)27-17-8-6-4-5-7-9-17/h6,8,10-11,16-18H,4-5,7,9,12-15H2,1-3H3,(H3,26,27,28,29,30)/q+1. The van der Waals surface area contributed by atoms with Gasteiger partial charge in [-0.25, -0.2) is 8.87 Å². The maximum Gasteiger partial charge on any atom is 0.340 e. The molecule has 4 rings (SSSR count). The molecule has 2 aromatic rings. The fraction of sp³-hybridized carbons (Fsp3) is 0.542. The number of halogens is 1. The lowest BCUT2D eigenvalue weighted by molar-refractivity contribution is 0.180. The number of aromatic nitrogens is 3. The molecular weight excluding hydrogens is 421 g/mol. The molecule has 0 amide bonds. The number of anilines is 2. The number of quaternary nitrogens is 1. The largest absolute Gasteiger partial charge is 0.494 e. The van der Waals surface area contributed by atoms with Gasteiger partial charge in [-0.05, 0) is 32.4 Å². The van der Waals surface area contributed by atoms with E-state index >= 15 is 0 Å². The molecule has 8 nitrogen and oxygen atoms in total. The molecule has 2 aliphatic rings. The zero-order valence-corrected chi connectivity index (χ0v) is 19.8. The molecule has 1 aromatic carbocycles. The molecule has 1 fully saturated rings. The van der Waals surface area contributed by atoms with Gasteiger partial charge in [-0.1, -0.05) is 18.6 Å².